The van der Waals surface area contributed by atoms with Crippen LogP contribution in [0.25, 0.3) is 0 Å². The molecule has 0 aromatic carbocycles. The number of carbonyl (C=O) groups excluding carboxylic acids is 1. The highest BCUT2D eigenvalue weighted by Gasteiger charge is 2.05. The van der Waals surface area contributed by atoms with Crippen LogP contribution < -0.4 is 10.6 Å². The number of hydrogen-bond acceptors (Lipinski definition) is 3. The lowest BCUT2D eigenvalue weighted by Gasteiger charge is -2.13. The monoisotopic (exact) mass is 268 g/mol. The summed E-state index contributed by atoms with van der Waals surface area (Å²) in [5, 5.41) is 18.7. The third kappa shape index (κ3) is 5.74. The van der Waals surface area contributed by atoms with Gasteiger partial charge in [-0.1, -0.05) is 0 Å². The van der Waals surface area contributed by atoms with E-state index in [1.165, 1.54) is 0 Å². The number of aliphatic hydroxyl groups is 1. The number of urea groups is 1. The first-order valence-electron chi connectivity index (χ1n) is 6.69. The first-order chi connectivity index (χ1) is 9.02. The predicted molar refractivity (Wildman–Crippen MR) is 74.0 cm³/mol. The molecule has 0 saturated carbocycles. The van der Waals surface area contributed by atoms with E-state index in [2.05, 4.69) is 15.7 Å². The summed E-state index contributed by atoms with van der Waals surface area (Å²) < 4.78 is 1.95. The van der Waals surface area contributed by atoms with Crippen LogP contribution in [0.1, 0.15) is 31.2 Å². The number of rotatable bonds is 7. The molecular weight excluding hydrogens is 244 g/mol. The van der Waals surface area contributed by atoms with Gasteiger partial charge < -0.3 is 15.7 Å². The van der Waals surface area contributed by atoms with Crippen molar-refractivity contribution in [2.45, 2.75) is 46.2 Å². The Morgan fingerprint density at radius 2 is 2.26 bits per heavy atom. The van der Waals surface area contributed by atoms with Gasteiger partial charge in [-0.05, 0) is 39.7 Å². The maximum Gasteiger partial charge on any atom is 0.314 e. The largest absolute Gasteiger partial charge is 0.396 e. The van der Waals surface area contributed by atoms with E-state index in [9.17, 15) is 4.79 Å². The molecule has 0 fully saturated rings. The number of aromatic nitrogens is 2. The van der Waals surface area contributed by atoms with Crippen LogP contribution >= 0.6 is 0 Å². The van der Waals surface area contributed by atoms with Gasteiger partial charge >= 0.3 is 6.03 Å². The number of carbonyl (C=O) groups is 1. The van der Waals surface area contributed by atoms with Gasteiger partial charge in [0.25, 0.3) is 0 Å². The van der Waals surface area contributed by atoms with Crippen LogP contribution in [0, 0.1) is 13.8 Å². The quantitative estimate of drug-likeness (QED) is 0.644. The molecule has 0 aliphatic carbocycles. The smallest absolute Gasteiger partial charge is 0.314 e. The molecule has 3 N–H and O–H groups in total. The molecule has 2 amide bonds. The maximum atomic E-state index is 11.5. The van der Waals surface area contributed by atoms with Crippen molar-refractivity contribution in [3.05, 3.63) is 17.5 Å². The van der Waals surface area contributed by atoms with Crippen molar-refractivity contribution >= 4 is 6.03 Å². The predicted octanol–water partition coefficient (Wildman–Crippen LogP) is 0.960. The topological polar surface area (TPSA) is 79.2 Å². The Hall–Kier alpha value is -1.56. The van der Waals surface area contributed by atoms with E-state index in [4.69, 9.17) is 5.11 Å². The second-order valence-corrected chi connectivity index (χ2v) is 4.82. The standard InChI is InChI=1S/C13H24N4O2/c1-10(5-8-18)15-13(19)14-6-4-7-17-12(3)9-11(2)16-17/h9-10,18H,4-8H2,1-3H3,(H2,14,15,19)/t10-/m1/s1. The van der Waals surface area contributed by atoms with Crippen LogP contribution in [-0.4, -0.2) is 40.1 Å². The summed E-state index contributed by atoms with van der Waals surface area (Å²) in [6.45, 7) is 7.35. The lowest BCUT2D eigenvalue weighted by Crippen LogP contribution is -2.41. The molecule has 0 unspecified atom stereocenters. The minimum absolute atomic E-state index is 0.0130. The number of nitrogens with zero attached hydrogens (tertiary/aromatic N) is 2. The molecule has 1 aromatic heterocycles. The summed E-state index contributed by atoms with van der Waals surface area (Å²) in [7, 11) is 0. The van der Waals surface area contributed by atoms with Crippen LogP contribution in [0.5, 0.6) is 0 Å². The SMILES string of the molecule is Cc1cc(C)n(CCCNC(=O)N[C@H](C)CCO)n1. The Labute approximate surface area is 114 Å². The van der Waals surface area contributed by atoms with Crippen molar-refractivity contribution in [3.63, 3.8) is 0 Å². The highest BCUT2D eigenvalue weighted by molar-refractivity contribution is 5.74. The molecule has 0 aliphatic heterocycles. The van der Waals surface area contributed by atoms with E-state index < -0.39 is 0 Å². The highest BCUT2D eigenvalue weighted by atomic mass is 16.3. The molecule has 0 saturated heterocycles. The normalized spacial score (nSPS) is 12.2. The van der Waals surface area contributed by atoms with Gasteiger partial charge in [-0.3, -0.25) is 4.68 Å². The van der Waals surface area contributed by atoms with Crippen LogP contribution in [0.2, 0.25) is 0 Å². The van der Waals surface area contributed by atoms with E-state index >= 15 is 0 Å². The van der Waals surface area contributed by atoms with Crippen LogP contribution in [0.3, 0.4) is 0 Å². The Morgan fingerprint density at radius 3 is 2.84 bits per heavy atom. The van der Waals surface area contributed by atoms with Gasteiger partial charge in [0.2, 0.25) is 0 Å². The molecule has 0 aliphatic rings. The van der Waals surface area contributed by atoms with Crippen molar-refractivity contribution in [1.29, 1.82) is 0 Å². The molecule has 6 nitrogen and oxygen atoms in total. The molecule has 0 radical (unpaired) electrons. The zero-order chi connectivity index (χ0) is 14.3. The number of aliphatic hydroxyl groups excluding tert-OH is 1. The molecule has 0 spiro atoms. The summed E-state index contributed by atoms with van der Waals surface area (Å²) in [4.78, 5) is 11.5. The number of amides is 2. The van der Waals surface area contributed by atoms with Gasteiger partial charge in [0.15, 0.2) is 0 Å². The van der Waals surface area contributed by atoms with Crippen molar-refractivity contribution in [2.24, 2.45) is 0 Å². The molecule has 1 heterocycles. The van der Waals surface area contributed by atoms with E-state index in [1.54, 1.807) is 0 Å². The maximum absolute atomic E-state index is 11.5. The second-order valence-electron chi connectivity index (χ2n) is 4.82. The zero-order valence-electron chi connectivity index (χ0n) is 11.9. The van der Waals surface area contributed by atoms with Crippen LogP contribution in [-0.2, 0) is 6.54 Å². The molecule has 1 rings (SSSR count). The molecular formula is C13H24N4O2. The van der Waals surface area contributed by atoms with Crippen LogP contribution in [0.4, 0.5) is 4.79 Å². The average molecular weight is 268 g/mol. The summed E-state index contributed by atoms with van der Waals surface area (Å²) in [5.74, 6) is 0. The number of aryl methyl sites for hydroxylation is 3. The van der Waals surface area contributed by atoms with Crippen molar-refractivity contribution < 1.29 is 9.90 Å². The van der Waals surface area contributed by atoms with Crippen molar-refractivity contribution in [1.82, 2.24) is 20.4 Å². The second kappa shape index (κ2) is 7.78. The molecule has 0 bridgehead atoms. The molecule has 1 atom stereocenters. The van der Waals surface area contributed by atoms with E-state index in [1.807, 2.05) is 31.5 Å². The van der Waals surface area contributed by atoms with Gasteiger partial charge in [0.1, 0.15) is 0 Å². The third-order valence-corrected chi connectivity index (χ3v) is 2.88. The van der Waals surface area contributed by atoms with Gasteiger partial charge in [-0.15, -0.1) is 0 Å². The van der Waals surface area contributed by atoms with Crippen molar-refractivity contribution in [2.75, 3.05) is 13.2 Å². The lowest BCUT2D eigenvalue weighted by molar-refractivity contribution is 0.230. The fourth-order valence-corrected chi connectivity index (χ4v) is 1.87. The summed E-state index contributed by atoms with van der Waals surface area (Å²) >= 11 is 0. The molecule has 1 aromatic rings. The fourth-order valence-electron chi connectivity index (χ4n) is 1.87. The average Bonchev–Trinajstić information content (AvgIpc) is 2.63. The minimum atomic E-state index is -0.186. The summed E-state index contributed by atoms with van der Waals surface area (Å²) in [6.07, 6.45) is 1.41. The Kier molecular flexibility index (Phi) is 6.35. The zero-order valence-corrected chi connectivity index (χ0v) is 11.9. The summed E-state index contributed by atoms with van der Waals surface area (Å²) in [5.41, 5.74) is 2.15. The Balaban J connectivity index is 2.17. The van der Waals surface area contributed by atoms with Gasteiger partial charge in [-0.25, -0.2) is 4.79 Å². The number of hydrogen-bond donors (Lipinski definition) is 3. The lowest BCUT2D eigenvalue weighted by atomic mass is 10.2. The first kappa shape index (κ1) is 15.5. The molecule has 6 heteroatoms. The summed E-state index contributed by atoms with van der Waals surface area (Å²) in [6, 6.07) is 1.84. The van der Waals surface area contributed by atoms with E-state index in [0.29, 0.717) is 13.0 Å². The van der Waals surface area contributed by atoms with Crippen molar-refractivity contribution in [3.8, 4) is 0 Å². The fraction of sp³-hybridized carbons (Fsp3) is 0.692. The van der Waals surface area contributed by atoms with E-state index in [0.717, 1.165) is 24.4 Å². The number of nitrogens with one attached hydrogen (secondary N) is 2. The first-order valence-corrected chi connectivity index (χ1v) is 6.69. The Bertz CT molecular complexity index is 403. The van der Waals surface area contributed by atoms with Gasteiger partial charge in [-0.2, -0.15) is 5.10 Å². The Morgan fingerprint density at radius 1 is 1.53 bits per heavy atom. The van der Waals surface area contributed by atoms with Gasteiger partial charge in [0.05, 0.1) is 5.69 Å². The molecule has 19 heavy (non-hydrogen) atoms. The molecule has 108 valence electrons. The van der Waals surface area contributed by atoms with Crippen LogP contribution in [0.15, 0.2) is 6.07 Å². The highest BCUT2D eigenvalue weighted by Crippen LogP contribution is 2.02. The van der Waals surface area contributed by atoms with E-state index in [-0.39, 0.29) is 18.7 Å². The van der Waals surface area contributed by atoms with Gasteiger partial charge in [0, 0.05) is 31.4 Å². The third-order valence-electron chi connectivity index (χ3n) is 2.88. The minimum Gasteiger partial charge on any atom is -0.396 e.